The third kappa shape index (κ3) is 3.22. The van der Waals surface area contributed by atoms with Gasteiger partial charge in [-0.2, -0.15) is 0 Å². The molecule has 0 aromatic heterocycles. The van der Waals surface area contributed by atoms with Crippen LogP contribution in [0.4, 0.5) is 4.39 Å². The summed E-state index contributed by atoms with van der Waals surface area (Å²) in [4.78, 5) is 0. The van der Waals surface area contributed by atoms with Gasteiger partial charge in [-0.1, -0.05) is 11.6 Å². The van der Waals surface area contributed by atoms with Crippen molar-refractivity contribution in [1.82, 2.24) is 0 Å². The fraction of sp³-hybridized carbons (Fsp3) is 0.571. The molecule has 0 radical (unpaired) electrons. The van der Waals surface area contributed by atoms with E-state index in [2.05, 4.69) is 0 Å². The maximum absolute atomic E-state index is 13.2. The topological polar surface area (TPSA) is 29.5 Å². The van der Waals surface area contributed by atoms with Crippen LogP contribution < -0.4 is 0 Å². The van der Waals surface area contributed by atoms with Gasteiger partial charge < -0.3 is 9.84 Å². The minimum absolute atomic E-state index is 0.230. The second kappa shape index (κ2) is 5.55. The van der Waals surface area contributed by atoms with Crippen LogP contribution in [0, 0.1) is 5.82 Å². The molecule has 1 aromatic carbocycles. The normalized spacial score (nSPS) is 28.3. The Morgan fingerprint density at radius 3 is 2.72 bits per heavy atom. The van der Waals surface area contributed by atoms with Crippen molar-refractivity contribution in [2.24, 2.45) is 0 Å². The zero-order valence-electron chi connectivity index (χ0n) is 10.5. The maximum atomic E-state index is 13.2. The molecule has 1 fully saturated rings. The van der Waals surface area contributed by atoms with E-state index in [1.807, 2.05) is 0 Å². The number of methoxy groups -OCH3 is 1. The van der Waals surface area contributed by atoms with Gasteiger partial charge in [0.05, 0.1) is 11.7 Å². The highest BCUT2D eigenvalue weighted by molar-refractivity contribution is 6.31. The summed E-state index contributed by atoms with van der Waals surface area (Å²) in [5.41, 5.74) is -0.109. The number of halogens is 2. The van der Waals surface area contributed by atoms with Gasteiger partial charge in [-0.05, 0) is 49.4 Å². The molecule has 0 bridgehead atoms. The predicted octanol–water partition coefficient (Wildman–Crippen LogP) is 3.34. The van der Waals surface area contributed by atoms with Crippen molar-refractivity contribution in [1.29, 1.82) is 0 Å². The fourth-order valence-electron chi connectivity index (χ4n) is 2.57. The quantitative estimate of drug-likeness (QED) is 0.914. The lowest BCUT2D eigenvalue weighted by Gasteiger charge is -2.35. The molecule has 18 heavy (non-hydrogen) atoms. The average molecular weight is 273 g/mol. The molecule has 0 aliphatic heterocycles. The number of benzene rings is 1. The molecule has 0 heterocycles. The number of hydrogen-bond acceptors (Lipinski definition) is 2. The molecule has 2 rings (SSSR count). The van der Waals surface area contributed by atoms with Gasteiger partial charge in [-0.3, -0.25) is 0 Å². The molecular formula is C14H18ClFO2. The Morgan fingerprint density at radius 2 is 2.11 bits per heavy atom. The SMILES string of the molecule is COC1CCC(O)(Cc2cc(F)ccc2Cl)CC1. The molecule has 1 aliphatic carbocycles. The van der Waals surface area contributed by atoms with E-state index in [4.69, 9.17) is 16.3 Å². The largest absolute Gasteiger partial charge is 0.390 e. The summed E-state index contributed by atoms with van der Waals surface area (Å²) in [6.07, 6.45) is 3.63. The van der Waals surface area contributed by atoms with E-state index in [-0.39, 0.29) is 11.9 Å². The van der Waals surface area contributed by atoms with Crippen LogP contribution in [0.2, 0.25) is 5.02 Å². The monoisotopic (exact) mass is 272 g/mol. The van der Waals surface area contributed by atoms with E-state index in [0.717, 1.165) is 12.8 Å². The predicted molar refractivity (Wildman–Crippen MR) is 69.3 cm³/mol. The number of rotatable bonds is 3. The summed E-state index contributed by atoms with van der Waals surface area (Å²) >= 11 is 6.03. The van der Waals surface area contributed by atoms with Crippen LogP contribution in [0.3, 0.4) is 0 Å². The summed E-state index contributed by atoms with van der Waals surface area (Å²) in [6.45, 7) is 0. The van der Waals surface area contributed by atoms with Crippen LogP contribution in [0.5, 0.6) is 0 Å². The lowest BCUT2D eigenvalue weighted by Crippen LogP contribution is -2.38. The van der Waals surface area contributed by atoms with Crippen molar-refractivity contribution in [3.63, 3.8) is 0 Å². The molecule has 100 valence electrons. The van der Waals surface area contributed by atoms with E-state index >= 15 is 0 Å². The van der Waals surface area contributed by atoms with Gasteiger partial charge in [0.2, 0.25) is 0 Å². The highest BCUT2D eigenvalue weighted by Crippen LogP contribution is 2.34. The maximum Gasteiger partial charge on any atom is 0.123 e. The number of ether oxygens (including phenoxy) is 1. The van der Waals surface area contributed by atoms with Crippen molar-refractivity contribution in [2.75, 3.05) is 7.11 Å². The summed E-state index contributed by atoms with van der Waals surface area (Å²) < 4.78 is 18.5. The number of hydrogen-bond donors (Lipinski definition) is 1. The lowest BCUT2D eigenvalue weighted by atomic mass is 9.79. The Kier molecular flexibility index (Phi) is 4.25. The first kappa shape index (κ1) is 13.8. The van der Waals surface area contributed by atoms with Crippen molar-refractivity contribution < 1.29 is 14.2 Å². The Labute approximate surface area is 112 Å². The lowest BCUT2D eigenvalue weighted by molar-refractivity contribution is -0.0427. The molecule has 0 saturated heterocycles. The van der Waals surface area contributed by atoms with E-state index in [1.54, 1.807) is 7.11 Å². The van der Waals surface area contributed by atoms with E-state index in [9.17, 15) is 9.50 Å². The van der Waals surface area contributed by atoms with Gasteiger partial charge in [0, 0.05) is 18.6 Å². The molecule has 4 heteroatoms. The highest BCUT2D eigenvalue weighted by atomic mass is 35.5. The Balaban J connectivity index is 2.06. The molecule has 2 nitrogen and oxygen atoms in total. The number of aliphatic hydroxyl groups is 1. The smallest absolute Gasteiger partial charge is 0.123 e. The second-order valence-corrected chi connectivity index (χ2v) is 5.48. The summed E-state index contributed by atoms with van der Waals surface area (Å²) in [5.74, 6) is -0.316. The van der Waals surface area contributed by atoms with Gasteiger partial charge in [0.1, 0.15) is 5.82 Å². The van der Waals surface area contributed by atoms with Gasteiger partial charge in [-0.25, -0.2) is 4.39 Å². The minimum Gasteiger partial charge on any atom is -0.390 e. The molecule has 1 saturated carbocycles. The van der Waals surface area contributed by atoms with Crippen LogP contribution >= 0.6 is 11.6 Å². The third-order valence-electron chi connectivity index (χ3n) is 3.72. The molecular weight excluding hydrogens is 255 g/mol. The molecule has 1 N–H and O–H groups in total. The zero-order valence-corrected chi connectivity index (χ0v) is 11.2. The van der Waals surface area contributed by atoms with Crippen LogP contribution in [0.25, 0.3) is 0 Å². The fourth-order valence-corrected chi connectivity index (χ4v) is 2.76. The van der Waals surface area contributed by atoms with Gasteiger partial charge in [-0.15, -0.1) is 0 Å². The van der Waals surface area contributed by atoms with Crippen molar-refractivity contribution in [3.05, 3.63) is 34.6 Å². The van der Waals surface area contributed by atoms with Gasteiger partial charge in [0.15, 0.2) is 0 Å². The Hall–Kier alpha value is -0.640. The van der Waals surface area contributed by atoms with Crippen LogP contribution in [-0.4, -0.2) is 23.9 Å². The Bertz CT molecular complexity index is 414. The second-order valence-electron chi connectivity index (χ2n) is 5.07. The zero-order chi connectivity index (χ0) is 13.2. The van der Waals surface area contributed by atoms with Gasteiger partial charge in [0.25, 0.3) is 0 Å². The molecule has 0 atom stereocenters. The molecule has 0 spiro atoms. The Morgan fingerprint density at radius 1 is 1.44 bits per heavy atom. The van der Waals surface area contributed by atoms with Crippen LogP contribution in [0.1, 0.15) is 31.2 Å². The van der Waals surface area contributed by atoms with Crippen LogP contribution in [-0.2, 0) is 11.2 Å². The molecule has 1 aromatic rings. The first-order valence-corrected chi connectivity index (χ1v) is 6.59. The summed E-state index contributed by atoms with van der Waals surface area (Å²) in [6, 6.07) is 4.27. The summed E-state index contributed by atoms with van der Waals surface area (Å²) in [5, 5.41) is 11.0. The van der Waals surface area contributed by atoms with Crippen molar-refractivity contribution in [3.8, 4) is 0 Å². The van der Waals surface area contributed by atoms with Crippen LogP contribution in [0.15, 0.2) is 18.2 Å². The van der Waals surface area contributed by atoms with E-state index in [0.29, 0.717) is 29.8 Å². The highest BCUT2D eigenvalue weighted by Gasteiger charge is 2.33. The first-order chi connectivity index (χ1) is 8.52. The van der Waals surface area contributed by atoms with E-state index in [1.165, 1.54) is 18.2 Å². The van der Waals surface area contributed by atoms with E-state index < -0.39 is 5.60 Å². The minimum atomic E-state index is -0.785. The molecule has 1 aliphatic rings. The third-order valence-corrected chi connectivity index (χ3v) is 4.09. The summed E-state index contributed by atoms with van der Waals surface area (Å²) in [7, 11) is 1.69. The average Bonchev–Trinajstić information content (AvgIpc) is 2.35. The van der Waals surface area contributed by atoms with Gasteiger partial charge >= 0.3 is 0 Å². The first-order valence-electron chi connectivity index (χ1n) is 6.21. The molecule has 0 amide bonds. The standard InChI is InChI=1S/C14H18ClFO2/c1-18-12-4-6-14(17,7-5-12)9-10-8-11(16)2-3-13(10)15/h2-3,8,12,17H,4-7,9H2,1H3. The molecule has 0 unspecified atom stereocenters. The van der Waals surface area contributed by atoms with Crippen molar-refractivity contribution >= 4 is 11.6 Å². The van der Waals surface area contributed by atoms with Crippen molar-refractivity contribution in [2.45, 2.75) is 43.8 Å².